The summed E-state index contributed by atoms with van der Waals surface area (Å²) in [6.07, 6.45) is 5.56. The Morgan fingerprint density at radius 3 is 2.24 bits per heavy atom. The first-order valence-electron chi connectivity index (χ1n) is 13.2. The summed E-state index contributed by atoms with van der Waals surface area (Å²) >= 11 is 12.7. The molecule has 0 radical (unpaired) electrons. The molecule has 2 fully saturated rings. The Kier molecular flexibility index (Phi) is 8.99. The molecule has 2 heterocycles. The Balaban J connectivity index is 1.59. The number of carboxylic acid groups (broad SMARTS) is 1. The van der Waals surface area contributed by atoms with Crippen LogP contribution in [0.3, 0.4) is 0 Å². The molecule has 2 saturated carbocycles. The molecule has 4 rings (SSSR count). The van der Waals surface area contributed by atoms with Crippen molar-refractivity contribution in [1.29, 1.82) is 0 Å². The second-order valence-corrected chi connectivity index (χ2v) is 12.3. The summed E-state index contributed by atoms with van der Waals surface area (Å²) in [5.74, 6) is -1.39. The van der Waals surface area contributed by atoms with Gasteiger partial charge in [-0.3, -0.25) is 19.4 Å². The Labute approximate surface area is 231 Å². The highest BCUT2D eigenvalue weighted by atomic mass is 35.5. The van der Waals surface area contributed by atoms with Crippen LogP contribution in [0.5, 0.6) is 0 Å². The molecule has 11 heteroatoms. The van der Waals surface area contributed by atoms with Crippen molar-refractivity contribution in [2.45, 2.75) is 96.4 Å². The lowest BCUT2D eigenvalue weighted by atomic mass is 9.75. The van der Waals surface area contributed by atoms with Crippen molar-refractivity contribution in [3.63, 3.8) is 0 Å². The van der Waals surface area contributed by atoms with Crippen LogP contribution in [0.1, 0.15) is 88.1 Å². The van der Waals surface area contributed by atoms with Crippen molar-refractivity contribution < 1.29 is 23.1 Å². The molecule has 2 aromatic rings. The van der Waals surface area contributed by atoms with E-state index in [-0.39, 0.29) is 23.6 Å². The molecule has 6 nitrogen and oxygen atoms in total. The number of carboxylic acids is 1. The van der Waals surface area contributed by atoms with E-state index in [0.29, 0.717) is 48.7 Å². The predicted octanol–water partition coefficient (Wildman–Crippen LogP) is 7.43. The van der Waals surface area contributed by atoms with E-state index in [4.69, 9.17) is 23.2 Å². The normalized spacial score (nSPS) is 22.6. The fourth-order valence-corrected chi connectivity index (χ4v) is 6.51. The van der Waals surface area contributed by atoms with Crippen LogP contribution in [-0.2, 0) is 23.9 Å². The molecule has 38 heavy (non-hydrogen) atoms. The molecule has 0 unspecified atom stereocenters. The second-order valence-electron chi connectivity index (χ2n) is 11.5. The average molecular weight is 576 g/mol. The lowest BCUT2D eigenvalue weighted by molar-refractivity contribution is -0.148. The Morgan fingerprint density at radius 2 is 1.68 bits per heavy atom. The second kappa shape index (κ2) is 11.7. The van der Waals surface area contributed by atoms with Gasteiger partial charge in [-0.15, -0.1) is 0 Å². The maximum Gasteiger partial charge on any atom is 0.433 e. The molecule has 0 spiro atoms. The van der Waals surface area contributed by atoms with Gasteiger partial charge < -0.3 is 5.11 Å². The molecule has 1 N–H and O–H groups in total. The largest absolute Gasteiger partial charge is 0.481 e. The Morgan fingerprint density at radius 1 is 1.08 bits per heavy atom. The molecule has 0 amide bonds. The highest BCUT2D eigenvalue weighted by Gasteiger charge is 2.41. The molecule has 2 aliphatic carbocycles. The van der Waals surface area contributed by atoms with Crippen LogP contribution in [0.15, 0.2) is 18.6 Å². The third-order valence-corrected chi connectivity index (χ3v) is 8.98. The first-order chi connectivity index (χ1) is 17.9. The zero-order chi connectivity index (χ0) is 27.7. The summed E-state index contributed by atoms with van der Waals surface area (Å²) < 4.78 is 44.4. The summed E-state index contributed by atoms with van der Waals surface area (Å²) in [5, 5.41) is 14.4. The number of aromatic nitrogens is 3. The molecule has 0 bridgehead atoms. The minimum atomic E-state index is -4.58. The van der Waals surface area contributed by atoms with Crippen LogP contribution in [-0.4, -0.2) is 43.3 Å². The maximum absolute atomic E-state index is 14.4. The van der Waals surface area contributed by atoms with Crippen LogP contribution >= 0.6 is 23.2 Å². The number of aliphatic carboxylic acids is 1. The van der Waals surface area contributed by atoms with Crippen molar-refractivity contribution >= 4 is 29.2 Å². The van der Waals surface area contributed by atoms with Gasteiger partial charge in [-0.1, -0.05) is 37.0 Å². The van der Waals surface area contributed by atoms with Crippen molar-refractivity contribution in [2.24, 2.45) is 11.3 Å². The van der Waals surface area contributed by atoms with Crippen molar-refractivity contribution in [3.05, 3.63) is 45.5 Å². The number of hydrogen-bond donors (Lipinski definition) is 1. The van der Waals surface area contributed by atoms with Crippen molar-refractivity contribution in [1.82, 2.24) is 19.7 Å². The van der Waals surface area contributed by atoms with Gasteiger partial charge >= 0.3 is 12.1 Å². The SMILES string of the molecule is CC1(C)CCC(N(CCc2c(Cl)cncc2Cl)Cc2cnn(C3CCC(C(=O)O)CC3)c2C(F)(F)F)CC1. The lowest BCUT2D eigenvalue weighted by Gasteiger charge is -2.40. The number of halogens is 5. The van der Waals surface area contributed by atoms with Gasteiger partial charge in [-0.25, -0.2) is 0 Å². The number of pyridine rings is 1. The topological polar surface area (TPSA) is 71.2 Å². The molecule has 0 atom stereocenters. The van der Waals surface area contributed by atoms with Gasteiger partial charge in [0, 0.05) is 37.1 Å². The zero-order valence-corrected chi connectivity index (χ0v) is 23.3. The number of alkyl halides is 3. The fraction of sp³-hybridized carbons (Fsp3) is 0.667. The Hall–Kier alpha value is -1.84. The monoisotopic (exact) mass is 574 g/mol. The van der Waals surface area contributed by atoms with Crippen LogP contribution in [0.25, 0.3) is 0 Å². The van der Waals surface area contributed by atoms with Gasteiger partial charge in [-0.05, 0) is 68.8 Å². The smallest absolute Gasteiger partial charge is 0.433 e. The number of hydrogen-bond acceptors (Lipinski definition) is 4. The summed E-state index contributed by atoms with van der Waals surface area (Å²) in [6.45, 7) is 5.08. The van der Waals surface area contributed by atoms with E-state index >= 15 is 0 Å². The summed E-state index contributed by atoms with van der Waals surface area (Å²) in [7, 11) is 0. The van der Waals surface area contributed by atoms with E-state index in [1.54, 1.807) is 0 Å². The van der Waals surface area contributed by atoms with Crippen LogP contribution < -0.4 is 0 Å². The molecule has 2 aliphatic rings. The third-order valence-electron chi connectivity index (χ3n) is 8.33. The molecule has 0 aliphatic heterocycles. The first kappa shape index (κ1) is 29.2. The van der Waals surface area contributed by atoms with Gasteiger partial charge in [0.2, 0.25) is 0 Å². The zero-order valence-electron chi connectivity index (χ0n) is 21.8. The minimum absolute atomic E-state index is 0.116. The summed E-state index contributed by atoms with van der Waals surface area (Å²) in [6, 6.07) is -0.327. The highest BCUT2D eigenvalue weighted by Crippen LogP contribution is 2.41. The van der Waals surface area contributed by atoms with Gasteiger partial charge in [0.25, 0.3) is 0 Å². The molecular weight excluding hydrogens is 540 g/mol. The Bertz CT molecular complexity index is 1100. The van der Waals surface area contributed by atoms with Crippen molar-refractivity contribution in [3.8, 4) is 0 Å². The number of nitrogens with zero attached hydrogens (tertiary/aromatic N) is 4. The quantitative estimate of drug-likeness (QED) is 0.355. The molecule has 210 valence electrons. The van der Waals surface area contributed by atoms with Crippen LogP contribution in [0, 0.1) is 11.3 Å². The lowest BCUT2D eigenvalue weighted by Crippen LogP contribution is -2.40. The van der Waals surface area contributed by atoms with Crippen LogP contribution in [0.2, 0.25) is 10.0 Å². The molecule has 0 aromatic carbocycles. The van der Waals surface area contributed by atoms with E-state index in [1.807, 2.05) is 0 Å². The third kappa shape index (κ3) is 6.83. The van der Waals surface area contributed by atoms with E-state index in [2.05, 4.69) is 28.8 Å². The van der Waals surface area contributed by atoms with E-state index < -0.39 is 29.8 Å². The maximum atomic E-state index is 14.4. The van der Waals surface area contributed by atoms with Crippen molar-refractivity contribution in [2.75, 3.05) is 6.54 Å². The van der Waals surface area contributed by atoms with E-state index in [9.17, 15) is 23.1 Å². The van der Waals surface area contributed by atoms with E-state index in [0.717, 1.165) is 35.9 Å². The molecule has 2 aromatic heterocycles. The van der Waals surface area contributed by atoms with Crippen LogP contribution in [0.4, 0.5) is 13.2 Å². The molecular formula is C27H35Cl2F3N4O2. The fourth-order valence-electron chi connectivity index (χ4n) is 5.96. The standard InChI is InChI=1S/C27H35Cl2F3N4O2/c1-26(2)10-7-19(8-11-26)35(12-9-21-22(28)14-33-15-23(21)29)16-18-13-34-36(24(18)27(30,31)32)20-5-3-17(4-6-20)25(37)38/h13-15,17,19-20H,3-12,16H2,1-2H3,(H,37,38). The predicted molar refractivity (Wildman–Crippen MR) is 140 cm³/mol. The van der Waals surface area contributed by atoms with Gasteiger partial charge in [0.05, 0.1) is 28.2 Å². The summed E-state index contributed by atoms with van der Waals surface area (Å²) in [5.41, 5.74) is 0.384. The summed E-state index contributed by atoms with van der Waals surface area (Å²) in [4.78, 5) is 17.4. The van der Waals surface area contributed by atoms with Gasteiger partial charge in [-0.2, -0.15) is 18.3 Å². The highest BCUT2D eigenvalue weighted by molar-refractivity contribution is 6.35. The first-order valence-corrected chi connectivity index (χ1v) is 14.0. The van der Waals surface area contributed by atoms with Gasteiger partial charge in [0.1, 0.15) is 5.69 Å². The molecule has 0 saturated heterocycles. The van der Waals surface area contributed by atoms with Gasteiger partial charge in [0.15, 0.2) is 0 Å². The number of carbonyl (C=O) groups is 1. The minimum Gasteiger partial charge on any atom is -0.481 e. The van der Waals surface area contributed by atoms with E-state index in [1.165, 1.54) is 18.6 Å². The average Bonchev–Trinajstić information content (AvgIpc) is 3.27. The number of rotatable bonds is 8.